The van der Waals surface area contributed by atoms with E-state index in [0.717, 1.165) is 0 Å². The zero-order valence-electron chi connectivity index (χ0n) is 9.24. The van der Waals surface area contributed by atoms with Crippen LogP contribution in [0.4, 0.5) is 0 Å². The van der Waals surface area contributed by atoms with Crippen molar-refractivity contribution >= 4 is 17.7 Å². The number of rotatable bonds is 6. The Morgan fingerprint density at radius 1 is 1.27 bits per heavy atom. The summed E-state index contributed by atoms with van der Waals surface area (Å²) in [5.74, 6) is -1.76. The number of amides is 1. The van der Waals surface area contributed by atoms with E-state index in [0.29, 0.717) is 0 Å². The average molecular weight is 215 g/mol. The Hall–Kier alpha value is -1.39. The summed E-state index contributed by atoms with van der Waals surface area (Å²) in [6.07, 6.45) is 0.304. The van der Waals surface area contributed by atoms with Gasteiger partial charge in [-0.15, -0.1) is 0 Å². The molecule has 0 aromatic rings. The van der Waals surface area contributed by atoms with Gasteiger partial charge in [-0.05, 0) is 13.3 Å². The zero-order chi connectivity index (χ0) is 12.0. The third kappa shape index (κ3) is 5.83. The lowest BCUT2D eigenvalue weighted by Gasteiger charge is -2.15. The van der Waals surface area contributed by atoms with Gasteiger partial charge in [0.25, 0.3) is 0 Å². The number of Topliss-reactive ketones (excluding diaryl/α,β-unsaturated/α-hetero) is 1. The van der Waals surface area contributed by atoms with E-state index in [1.807, 2.05) is 0 Å². The van der Waals surface area contributed by atoms with E-state index in [9.17, 15) is 14.4 Å². The Labute approximate surface area is 88.9 Å². The number of ketones is 1. The molecule has 0 saturated carbocycles. The zero-order valence-corrected chi connectivity index (χ0v) is 9.24. The number of hydrogen-bond donors (Lipinski definition) is 2. The monoisotopic (exact) mass is 215 g/mol. The van der Waals surface area contributed by atoms with Gasteiger partial charge in [0.15, 0.2) is 0 Å². The van der Waals surface area contributed by atoms with Gasteiger partial charge in [0, 0.05) is 12.3 Å². The molecule has 0 unspecified atom stereocenters. The predicted molar refractivity (Wildman–Crippen MR) is 54.3 cm³/mol. The molecule has 0 bridgehead atoms. The van der Waals surface area contributed by atoms with E-state index in [1.165, 1.54) is 6.92 Å². The van der Waals surface area contributed by atoms with Gasteiger partial charge in [0.05, 0.1) is 0 Å². The minimum Gasteiger partial charge on any atom is -0.480 e. The summed E-state index contributed by atoms with van der Waals surface area (Å²) in [5.41, 5.74) is 0. The molecule has 0 spiro atoms. The first kappa shape index (κ1) is 13.6. The fourth-order valence-electron chi connectivity index (χ4n) is 0.943. The highest BCUT2D eigenvalue weighted by molar-refractivity contribution is 5.85. The Balaban J connectivity index is 4.22. The summed E-state index contributed by atoms with van der Waals surface area (Å²) in [4.78, 5) is 32.7. The highest BCUT2D eigenvalue weighted by Crippen LogP contribution is 2.01. The van der Waals surface area contributed by atoms with Crippen molar-refractivity contribution in [2.75, 3.05) is 0 Å². The standard InChI is InChI=1S/C10H17NO4/c1-6(2)9(13)11-8(10(14)15)5-4-7(3)12/h6,8H,4-5H2,1-3H3,(H,11,13)(H,14,15)/t8-/m1/s1. The predicted octanol–water partition coefficient (Wildman–Crippen LogP) is 0.581. The third-order valence-corrected chi connectivity index (χ3v) is 1.92. The first-order valence-corrected chi connectivity index (χ1v) is 4.87. The first-order valence-electron chi connectivity index (χ1n) is 4.87. The van der Waals surface area contributed by atoms with Gasteiger partial charge in [0.2, 0.25) is 5.91 Å². The number of hydrogen-bond acceptors (Lipinski definition) is 3. The molecule has 2 N–H and O–H groups in total. The summed E-state index contributed by atoms with van der Waals surface area (Å²) in [7, 11) is 0. The Morgan fingerprint density at radius 2 is 1.80 bits per heavy atom. The SMILES string of the molecule is CC(=O)CC[C@@H](NC(=O)C(C)C)C(=O)O. The van der Waals surface area contributed by atoms with Gasteiger partial charge in [-0.1, -0.05) is 13.8 Å². The van der Waals surface area contributed by atoms with Crippen molar-refractivity contribution in [2.45, 2.75) is 39.7 Å². The largest absolute Gasteiger partial charge is 0.480 e. The Bertz CT molecular complexity index is 260. The summed E-state index contributed by atoms with van der Waals surface area (Å²) in [6.45, 7) is 4.75. The number of aliphatic carboxylic acids is 1. The van der Waals surface area contributed by atoms with Crippen LogP contribution in [0.1, 0.15) is 33.6 Å². The molecular formula is C10H17NO4. The maximum Gasteiger partial charge on any atom is 0.326 e. The molecule has 0 aromatic carbocycles. The minimum absolute atomic E-state index is 0.0833. The number of nitrogens with one attached hydrogen (secondary N) is 1. The smallest absolute Gasteiger partial charge is 0.326 e. The van der Waals surface area contributed by atoms with Crippen molar-refractivity contribution in [1.29, 1.82) is 0 Å². The number of carboxylic acid groups (broad SMARTS) is 1. The second kappa shape index (κ2) is 6.16. The maximum absolute atomic E-state index is 11.2. The molecule has 0 aliphatic rings. The van der Waals surface area contributed by atoms with Crippen LogP contribution < -0.4 is 5.32 Å². The molecule has 5 nitrogen and oxygen atoms in total. The summed E-state index contributed by atoms with van der Waals surface area (Å²) in [5, 5.41) is 11.2. The molecule has 0 aliphatic carbocycles. The van der Waals surface area contributed by atoms with Crippen molar-refractivity contribution in [3.05, 3.63) is 0 Å². The van der Waals surface area contributed by atoms with Crippen LogP contribution in [0, 0.1) is 5.92 Å². The normalized spacial score (nSPS) is 12.3. The van der Waals surface area contributed by atoms with E-state index in [4.69, 9.17) is 5.11 Å². The number of carbonyl (C=O) groups is 3. The van der Waals surface area contributed by atoms with E-state index in [2.05, 4.69) is 5.32 Å². The van der Waals surface area contributed by atoms with Crippen LogP contribution in [0.3, 0.4) is 0 Å². The fraction of sp³-hybridized carbons (Fsp3) is 0.700. The van der Waals surface area contributed by atoms with Crippen LogP contribution >= 0.6 is 0 Å². The maximum atomic E-state index is 11.2. The molecule has 5 heteroatoms. The first-order chi connectivity index (χ1) is 6.84. The van der Waals surface area contributed by atoms with Gasteiger partial charge in [-0.25, -0.2) is 4.79 Å². The second-order valence-corrected chi connectivity index (χ2v) is 3.79. The van der Waals surface area contributed by atoms with Crippen LogP contribution in [0.5, 0.6) is 0 Å². The van der Waals surface area contributed by atoms with Gasteiger partial charge in [-0.2, -0.15) is 0 Å². The molecule has 0 radical (unpaired) electrons. The van der Waals surface area contributed by atoms with Crippen LogP contribution in [0.2, 0.25) is 0 Å². The fourth-order valence-corrected chi connectivity index (χ4v) is 0.943. The Morgan fingerprint density at radius 3 is 2.13 bits per heavy atom. The topological polar surface area (TPSA) is 83.5 Å². The van der Waals surface area contributed by atoms with Crippen molar-refractivity contribution < 1.29 is 19.5 Å². The quantitative estimate of drug-likeness (QED) is 0.679. The summed E-state index contributed by atoms with van der Waals surface area (Å²) in [6, 6.07) is -0.969. The lowest BCUT2D eigenvalue weighted by atomic mass is 10.1. The highest BCUT2D eigenvalue weighted by Gasteiger charge is 2.21. The van der Waals surface area contributed by atoms with E-state index in [1.54, 1.807) is 13.8 Å². The number of carboxylic acids is 1. The van der Waals surface area contributed by atoms with Crippen LogP contribution in [-0.2, 0) is 14.4 Å². The molecule has 1 atom stereocenters. The highest BCUT2D eigenvalue weighted by atomic mass is 16.4. The average Bonchev–Trinajstić information content (AvgIpc) is 2.10. The molecule has 15 heavy (non-hydrogen) atoms. The molecule has 0 rings (SSSR count). The van der Waals surface area contributed by atoms with Crippen LogP contribution in [0.15, 0.2) is 0 Å². The van der Waals surface area contributed by atoms with Gasteiger partial charge >= 0.3 is 5.97 Å². The van der Waals surface area contributed by atoms with Crippen molar-refractivity contribution in [2.24, 2.45) is 5.92 Å². The van der Waals surface area contributed by atoms with Crippen LogP contribution in [-0.4, -0.2) is 28.8 Å². The molecule has 0 fully saturated rings. The summed E-state index contributed by atoms with van der Waals surface area (Å²) < 4.78 is 0. The molecule has 0 heterocycles. The molecule has 1 amide bonds. The van der Waals surface area contributed by atoms with Gasteiger partial charge in [-0.3, -0.25) is 4.79 Å². The third-order valence-electron chi connectivity index (χ3n) is 1.92. The van der Waals surface area contributed by atoms with Crippen molar-refractivity contribution in [1.82, 2.24) is 5.32 Å². The van der Waals surface area contributed by atoms with Gasteiger partial charge < -0.3 is 15.2 Å². The van der Waals surface area contributed by atoms with E-state index in [-0.39, 0.29) is 30.4 Å². The lowest BCUT2D eigenvalue weighted by molar-refractivity contribution is -0.142. The molecular weight excluding hydrogens is 198 g/mol. The van der Waals surface area contributed by atoms with Crippen molar-refractivity contribution in [3.8, 4) is 0 Å². The van der Waals surface area contributed by atoms with E-state index < -0.39 is 12.0 Å². The second-order valence-electron chi connectivity index (χ2n) is 3.79. The number of carbonyl (C=O) groups excluding carboxylic acids is 2. The molecule has 86 valence electrons. The summed E-state index contributed by atoms with van der Waals surface area (Å²) >= 11 is 0. The minimum atomic E-state index is -1.11. The Kier molecular flexibility index (Phi) is 5.59. The van der Waals surface area contributed by atoms with Gasteiger partial charge in [0.1, 0.15) is 11.8 Å². The van der Waals surface area contributed by atoms with E-state index >= 15 is 0 Å². The molecule has 0 aromatic heterocycles. The molecule has 0 aliphatic heterocycles. The van der Waals surface area contributed by atoms with Crippen LogP contribution in [0.25, 0.3) is 0 Å². The lowest BCUT2D eigenvalue weighted by Crippen LogP contribution is -2.42. The molecule has 0 saturated heterocycles. The van der Waals surface area contributed by atoms with Crippen molar-refractivity contribution in [3.63, 3.8) is 0 Å².